The fraction of sp³-hybridized carbons (Fsp3) is 0.571. The van der Waals surface area contributed by atoms with Crippen molar-refractivity contribution in [3.05, 3.63) is 23.8 Å². The zero-order valence-corrected chi connectivity index (χ0v) is 11.4. The molecule has 5 nitrogen and oxygen atoms in total. The van der Waals surface area contributed by atoms with Crippen LogP contribution in [0, 0.1) is 5.41 Å². The Morgan fingerprint density at radius 1 is 1.32 bits per heavy atom. The Bertz CT molecular complexity index is 407. The zero-order chi connectivity index (χ0) is 13.9. The average molecular weight is 267 g/mol. The van der Waals surface area contributed by atoms with Crippen molar-refractivity contribution in [1.82, 2.24) is 0 Å². The molecule has 0 radical (unpaired) electrons. The lowest BCUT2D eigenvalue weighted by Crippen LogP contribution is -2.37. The summed E-state index contributed by atoms with van der Waals surface area (Å²) < 4.78 is 15.9. The van der Waals surface area contributed by atoms with Crippen molar-refractivity contribution < 1.29 is 19.3 Å². The molecule has 1 heterocycles. The van der Waals surface area contributed by atoms with Gasteiger partial charge >= 0.3 is 0 Å². The number of nitrogens with two attached hydrogens (primary N) is 1. The van der Waals surface area contributed by atoms with E-state index in [0.29, 0.717) is 31.3 Å². The number of aliphatic hydroxyl groups is 1. The van der Waals surface area contributed by atoms with Gasteiger partial charge in [-0.25, -0.2) is 0 Å². The van der Waals surface area contributed by atoms with Crippen LogP contribution in [0.3, 0.4) is 0 Å². The summed E-state index contributed by atoms with van der Waals surface area (Å²) in [5.41, 5.74) is 6.17. The topological polar surface area (TPSA) is 73.9 Å². The Kier molecular flexibility index (Phi) is 4.29. The van der Waals surface area contributed by atoms with Crippen LogP contribution in [0.1, 0.15) is 18.1 Å². The number of rotatable bonds is 5. The van der Waals surface area contributed by atoms with Crippen molar-refractivity contribution in [2.24, 2.45) is 11.1 Å². The fourth-order valence-corrected chi connectivity index (χ4v) is 2.45. The van der Waals surface area contributed by atoms with Gasteiger partial charge in [0.25, 0.3) is 0 Å². The summed E-state index contributed by atoms with van der Waals surface area (Å²) in [4.78, 5) is 0. The highest BCUT2D eigenvalue weighted by atomic mass is 16.5. The molecule has 1 aliphatic heterocycles. The SMILES string of the molecule is COc1cc(OC)cc(C(O)C2(CN)CCOC2)c1. The Morgan fingerprint density at radius 2 is 1.95 bits per heavy atom. The number of hydrogen-bond acceptors (Lipinski definition) is 5. The minimum absolute atomic E-state index is 0.383. The first-order valence-corrected chi connectivity index (χ1v) is 6.34. The van der Waals surface area contributed by atoms with Crippen LogP contribution < -0.4 is 15.2 Å². The van der Waals surface area contributed by atoms with E-state index in [4.69, 9.17) is 19.9 Å². The molecular formula is C14H21NO4. The summed E-state index contributed by atoms with van der Waals surface area (Å²) in [5.74, 6) is 1.30. The van der Waals surface area contributed by atoms with Gasteiger partial charge < -0.3 is 25.1 Å². The van der Waals surface area contributed by atoms with Gasteiger partial charge in [-0.15, -0.1) is 0 Å². The third-order valence-corrected chi connectivity index (χ3v) is 3.81. The van der Waals surface area contributed by atoms with Crippen molar-refractivity contribution in [2.75, 3.05) is 34.0 Å². The van der Waals surface area contributed by atoms with Gasteiger partial charge in [0.1, 0.15) is 11.5 Å². The number of aliphatic hydroxyl groups excluding tert-OH is 1. The monoisotopic (exact) mass is 267 g/mol. The summed E-state index contributed by atoms with van der Waals surface area (Å²) in [6, 6.07) is 5.39. The van der Waals surface area contributed by atoms with Crippen LogP contribution in [0.4, 0.5) is 0 Å². The van der Waals surface area contributed by atoms with Gasteiger partial charge in [-0.1, -0.05) is 0 Å². The fourth-order valence-electron chi connectivity index (χ4n) is 2.45. The standard InChI is InChI=1S/C14H21NO4/c1-17-11-5-10(6-12(7-11)18-2)13(16)14(8-15)3-4-19-9-14/h5-7,13,16H,3-4,8-9,15H2,1-2H3. The van der Waals surface area contributed by atoms with E-state index in [1.807, 2.05) is 12.1 Å². The Hall–Kier alpha value is -1.30. The van der Waals surface area contributed by atoms with Crippen molar-refractivity contribution in [2.45, 2.75) is 12.5 Å². The lowest BCUT2D eigenvalue weighted by Gasteiger charge is -2.31. The van der Waals surface area contributed by atoms with Crippen LogP contribution in [-0.4, -0.2) is 39.1 Å². The van der Waals surface area contributed by atoms with Crippen LogP contribution >= 0.6 is 0 Å². The van der Waals surface area contributed by atoms with E-state index >= 15 is 0 Å². The summed E-state index contributed by atoms with van der Waals surface area (Å²) in [6.07, 6.45) is 0.0634. The maximum Gasteiger partial charge on any atom is 0.122 e. The predicted molar refractivity (Wildman–Crippen MR) is 71.4 cm³/mol. The molecule has 0 aromatic heterocycles. The lowest BCUT2D eigenvalue weighted by molar-refractivity contribution is 0.0188. The summed E-state index contributed by atoms with van der Waals surface area (Å²) in [7, 11) is 3.17. The van der Waals surface area contributed by atoms with Crippen LogP contribution in [-0.2, 0) is 4.74 Å². The van der Waals surface area contributed by atoms with Crippen LogP contribution in [0.2, 0.25) is 0 Å². The second-order valence-corrected chi connectivity index (χ2v) is 4.92. The zero-order valence-electron chi connectivity index (χ0n) is 11.4. The molecule has 0 saturated carbocycles. The molecule has 1 aromatic carbocycles. The van der Waals surface area contributed by atoms with Crippen molar-refractivity contribution in [1.29, 1.82) is 0 Å². The van der Waals surface area contributed by atoms with Crippen molar-refractivity contribution >= 4 is 0 Å². The summed E-state index contributed by atoms with van der Waals surface area (Å²) in [5, 5.41) is 10.6. The Balaban J connectivity index is 2.34. The second kappa shape index (κ2) is 5.77. The number of ether oxygens (including phenoxy) is 3. The van der Waals surface area contributed by atoms with E-state index in [1.54, 1.807) is 20.3 Å². The van der Waals surface area contributed by atoms with Gasteiger partial charge in [-0.05, 0) is 24.1 Å². The molecule has 2 atom stereocenters. The van der Waals surface area contributed by atoms with Gasteiger partial charge in [0.2, 0.25) is 0 Å². The van der Waals surface area contributed by atoms with Gasteiger partial charge in [-0.3, -0.25) is 0 Å². The van der Waals surface area contributed by atoms with E-state index in [2.05, 4.69) is 0 Å². The summed E-state index contributed by atoms with van der Waals surface area (Å²) in [6.45, 7) is 1.49. The molecular weight excluding hydrogens is 246 g/mol. The molecule has 1 saturated heterocycles. The smallest absolute Gasteiger partial charge is 0.122 e. The van der Waals surface area contributed by atoms with Gasteiger partial charge in [0, 0.05) is 24.6 Å². The quantitative estimate of drug-likeness (QED) is 0.835. The first-order valence-electron chi connectivity index (χ1n) is 6.34. The maximum absolute atomic E-state index is 10.6. The molecule has 2 rings (SSSR count). The van der Waals surface area contributed by atoms with Crippen LogP contribution in [0.5, 0.6) is 11.5 Å². The third-order valence-electron chi connectivity index (χ3n) is 3.81. The van der Waals surface area contributed by atoms with E-state index < -0.39 is 11.5 Å². The predicted octanol–water partition coefficient (Wildman–Crippen LogP) is 1.10. The van der Waals surface area contributed by atoms with Crippen molar-refractivity contribution in [3.8, 4) is 11.5 Å². The molecule has 1 aromatic rings. The highest BCUT2D eigenvalue weighted by molar-refractivity contribution is 5.40. The normalized spacial score (nSPS) is 24.2. The molecule has 1 aliphatic rings. The van der Waals surface area contributed by atoms with E-state index in [-0.39, 0.29) is 0 Å². The number of methoxy groups -OCH3 is 2. The first kappa shape index (κ1) is 14.1. The van der Waals surface area contributed by atoms with E-state index in [0.717, 1.165) is 12.0 Å². The van der Waals surface area contributed by atoms with Crippen LogP contribution in [0.25, 0.3) is 0 Å². The molecule has 0 amide bonds. The molecule has 2 unspecified atom stereocenters. The molecule has 0 aliphatic carbocycles. The highest BCUT2D eigenvalue weighted by Crippen LogP contribution is 2.42. The van der Waals surface area contributed by atoms with Gasteiger partial charge in [0.05, 0.1) is 26.9 Å². The van der Waals surface area contributed by atoms with E-state index in [9.17, 15) is 5.11 Å². The second-order valence-electron chi connectivity index (χ2n) is 4.92. The van der Waals surface area contributed by atoms with E-state index in [1.165, 1.54) is 0 Å². The molecule has 5 heteroatoms. The Labute approximate surface area is 113 Å². The number of benzene rings is 1. The van der Waals surface area contributed by atoms with Crippen molar-refractivity contribution in [3.63, 3.8) is 0 Å². The maximum atomic E-state index is 10.6. The molecule has 106 valence electrons. The van der Waals surface area contributed by atoms with Crippen LogP contribution in [0.15, 0.2) is 18.2 Å². The molecule has 3 N–H and O–H groups in total. The Morgan fingerprint density at radius 3 is 2.37 bits per heavy atom. The highest BCUT2D eigenvalue weighted by Gasteiger charge is 2.41. The third kappa shape index (κ3) is 2.68. The molecule has 1 fully saturated rings. The van der Waals surface area contributed by atoms with Gasteiger partial charge in [-0.2, -0.15) is 0 Å². The molecule has 19 heavy (non-hydrogen) atoms. The summed E-state index contributed by atoms with van der Waals surface area (Å²) >= 11 is 0. The first-order chi connectivity index (χ1) is 9.15. The molecule has 0 bridgehead atoms. The van der Waals surface area contributed by atoms with Gasteiger partial charge in [0.15, 0.2) is 0 Å². The average Bonchev–Trinajstić information content (AvgIpc) is 2.95. The minimum Gasteiger partial charge on any atom is -0.497 e. The molecule has 0 spiro atoms. The minimum atomic E-state index is -0.691. The largest absolute Gasteiger partial charge is 0.497 e. The number of hydrogen-bond donors (Lipinski definition) is 2. The lowest BCUT2D eigenvalue weighted by atomic mass is 9.78.